The molecule has 4 aromatic rings. The van der Waals surface area contributed by atoms with E-state index in [1.54, 1.807) is 4.57 Å². The van der Waals surface area contributed by atoms with Crippen molar-refractivity contribution in [3.05, 3.63) is 75.7 Å². The molecule has 5 rings (SSSR count). The zero-order valence-corrected chi connectivity index (χ0v) is 18.1. The molecule has 7 heteroatoms. The number of benzene rings is 2. The number of esters is 1. The quantitative estimate of drug-likeness (QED) is 0.260. The Labute approximate surface area is 183 Å². The fraction of sp³-hybridized carbons (Fsp3) is 0.250. The smallest absolute Gasteiger partial charge is 0.340 e. The Balaban J connectivity index is 1.60. The van der Waals surface area contributed by atoms with Gasteiger partial charge >= 0.3 is 5.97 Å². The van der Waals surface area contributed by atoms with Crippen LogP contribution in [0.15, 0.2) is 58.5 Å². The molecule has 2 aromatic carbocycles. The van der Waals surface area contributed by atoms with Gasteiger partial charge in [-0.15, -0.1) is 0 Å². The van der Waals surface area contributed by atoms with E-state index in [0.717, 1.165) is 29.3 Å². The van der Waals surface area contributed by atoms with Crippen LogP contribution in [0.5, 0.6) is 0 Å². The second-order valence-corrected chi connectivity index (χ2v) is 8.62. The average molecular weight is 432 g/mol. The first-order valence-corrected chi connectivity index (χ1v) is 11.2. The van der Waals surface area contributed by atoms with Crippen molar-refractivity contribution in [2.24, 2.45) is 0 Å². The third-order valence-electron chi connectivity index (χ3n) is 5.64. The van der Waals surface area contributed by atoms with Gasteiger partial charge in [-0.2, -0.15) is 0 Å². The number of aromatic nitrogens is 3. The third kappa shape index (κ3) is 3.49. The van der Waals surface area contributed by atoms with Gasteiger partial charge in [0.05, 0.1) is 34.8 Å². The lowest BCUT2D eigenvalue weighted by atomic mass is 10.0. The van der Waals surface area contributed by atoms with Crippen LogP contribution in [0.2, 0.25) is 0 Å². The Hall–Kier alpha value is -3.19. The number of hydrogen-bond acceptors (Lipinski definition) is 6. The molecule has 6 nitrogen and oxygen atoms in total. The Morgan fingerprint density at radius 1 is 1.06 bits per heavy atom. The summed E-state index contributed by atoms with van der Waals surface area (Å²) >= 11 is 1.44. The van der Waals surface area contributed by atoms with Crippen LogP contribution in [0.3, 0.4) is 0 Å². The van der Waals surface area contributed by atoms with Crippen LogP contribution in [0.1, 0.15) is 40.5 Å². The highest BCUT2D eigenvalue weighted by Gasteiger charge is 2.29. The zero-order valence-electron chi connectivity index (χ0n) is 17.3. The maximum absolute atomic E-state index is 13.1. The number of aryl methyl sites for hydroxylation is 1. The molecule has 0 aliphatic heterocycles. The van der Waals surface area contributed by atoms with Crippen LogP contribution in [0.4, 0.5) is 0 Å². The highest BCUT2D eigenvalue weighted by Crippen LogP contribution is 2.38. The van der Waals surface area contributed by atoms with E-state index in [4.69, 9.17) is 14.7 Å². The van der Waals surface area contributed by atoms with E-state index < -0.39 is 5.97 Å². The first-order chi connectivity index (χ1) is 15.1. The molecule has 156 valence electrons. The first-order valence-electron chi connectivity index (χ1n) is 10.2. The number of carbonyl (C=O) groups is 1. The Kier molecular flexibility index (Phi) is 4.98. The van der Waals surface area contributed by atoms with Crippen molar-refractivity contribution in [2.45, 2.75) is 36.7 Å². The highest BCUT2D eigenvalue weighted by atomic mass is 32.2. The number of carbonyl (C=O) groups excluding carboxylic acids is 1. The van der Waals surface area contributed by atoms with E-state index in [0.29, 0.717) is 33.1 Å². The predicted molar refractivity (Wildman–Crippen MR) is 122 cm³/mol. The molecule has 0 bridgehead atoms. The van der Waals surface area contributed by atoms with E-state index in [1.165, 1.54) is 18.9 Å². The van der Waals surface area contributed by atoms with Crippen LogP contribution in [0.25, 0.3) is 21.8 Å². The lowest BCUT2D eigenvalue weighted by Crippen LogP contribution is -2.22. The second-order valence-electron chi connectivity index (χ2n) is 7.67. The van der Waals surface area contributed by atoms with Crippen molar-refractivity contribution in [2.75, 3.05) is 7.11 Å². The summed E-state index contributed by atoms with van der Waals surface area (Å²) in [5.41, 5.74) is 3.47. The van der Waals surface area contributed by atoms with Gasteiger partial charge in [-0.05, 0) is 43.5 Å². The topological polar surface area (TPSA) is 74.1 Å². The maximum Gasteiger partial charge on any atom is 0.340 e. The number of nitrogens with zero attached hydrogens (tertiary/aromatic N) is 3. The molecule has 1 saturated carbocycles. The summed E-state index contributed by atoms with van der Waals surface area (Å²) in [5, 5.41) is 2.22. The number of rotatable bonds is 5. The normalized spacial score (nSPS) is 13.6. The first kappa shape index (κ1) is 19.8. The molecular weight excluding hydrogens is 410 g/mol. The van der Waals surface area contributed by atoms with Gasteiger partial charge < -0.3 is 4.74 Å². The SMILES string of the molecule is COC(=O)c1c(CSc2nc3ccccc3c(=O)n2C2CC2)nc2ccccc2c1C. The van der Waals surface area contributed by atoms with Gasteiger partial charge in [0.15, 0.2) is 5.16 Å². The van der Waals surface area contributed by atoms with Crippen molar-refractivity contribution >= 4 is 39.5 Å². The minimum absolute atomic E-state index is 0.00792. The van der Waals surface area contributed by atoms with Gasteiger partial charge in [0.25, 0.3) is 5.56 Å². The van der Waals surface area contributed by atoms with Crippen LogP contribution >= 0.6 is 11.8 Å². The highest BCUT2D eigenvalue weighted by molar-refractivity contribution is 7.98. The molecule has 0 unspecified atom stereocenters. The van der Waals surface area contributed by atoms with E-state index in [1.807, 2.05) is 55.5 Å². The number of hydrogen-bond donors (Lipinski definition) is 0. The fourth-order valence-corrected chi connectivity index (χ4v) is 4.94. The van der Waals surface area contributed by atoms with Crippen LogP contribution < -0.4 is 5.56 Å². The standard InChI is InChI=1S/C24H21N3O3S/c1-14-16-7-3-5-9-18(16)25-20(21(14)23(29)30-2)13-31-24-26-19-10-6-4-8-17(19)22(28)27(24)15-11-12-15/h3-10,15H,11-13H2,1-2H3. The van der Waals surface area contributed by atoms with Gasteiger partial charge in [-0.1, -0.05) is 42.1 Å². The van der Waals surface area contributed by atoms with Gasteiger partial charge in [0, 0.05) is 17.2 Å². The summed E-state index contributed by atoms with van der Waals surface area (Å²) in [6.07, 6.45) is 1.96. The number of para-hydroxylation sites is 2. The van der Waals surface area contributed by atoms with E-state index in [2.05, 4.69) is 0 Å². The molecule has 0 spiro atoms. The van der Waals surface area contributed by atoms with Crippen molar-refractivity contribution in [1.29, 1.82) is 0 Å². The van der Waals surface area contributed by atoms with Gasteiger partial charge in [-0.3, -0.25) is 14.3 Å². The molecule has 2 heterocycles. The van der Waals surface area contributed by atoms with Crippen LogP contribution in [-0.4, -0.2) is 27.6 Å². The van der Waals surface area contributed by atoms with Crippen molar-refractivity contribution in [1.82, 2.24) is 14.5 Å². The minimum Gasteiger partial charge on any atom is -0.465 e. The summed E-state index contributed by atoms with van der Waals surface area (Å²) in [6.45, 7) is 1.92. The molecular formula is C24H21N3O3S. The number of pyridine rings is 1. The van der Waals surface area contributed by atoms with Crippen molar-refractivity contribution in [3.63, 3.8) is 0 Å². The number of ether oxygens (including phenoxy) is 1. The van der Waals surface area contributed by atoms with Crippen LogP contribution in [-0.2, 0) is 10.5 Å². The summed E-state index contributed by atoms with van der Waals surface area (Å²) in [4.78, 5) is 35.2. The summed E-state index contributed by atoms with van der Waals surface area (Å²) in [5.74, 6) is 0.00515. The monoisotopic (exact) mass is 431 g/mol. The maximum atomic E-state index is 13.1. The number of thioether (sulfide) groups is 1. The lowest BCUT2D eigenvalue weighted by molar-refractivity contribution is 0.0598. The molecule has 0 radical (unpaired) electrons. The molecule has 0 N–H and O–H groups in total. The summed E-state index contributed by atoms with van der Waals surface area (Å²) in [7, 11) is 1.38. The Morgan fingerprint density at radius 3 is 2.39 bits per heavy atom. The van der Waals surface area contributed by atoms with Gasteiger partial charge in [0.2, 0.25) is 0 Å². The second kappa shape index (κ2) is 7.81. The third-order valence-corrected chi connectivity index (χ3v) is 6.61. The van der Waals surface area contributed by atoms with E-state index in [9.17, 15) is 9.59 Å². The summed E-state index contributed by atoms with van der Waals surface area (Å²) < 4.78 is 6.85. The van der Waals surface area contributed by atoms with Crippen molar-refractivity contribution in [3.8, 4) is 0 Å². The molecule has 0 atom stereocenters. The molecule has 1 aliphatic rings. The Morgan fingerprint density at radius 2 is 1.71 bits per heavy atom. The fourth-order valence-electron chi connectivity index (χ4n) is 3.93. The average Bonchev–Trinajstić information content (AvgIpc) is 3.62. The largest absolute Gasteiger partial charge is 0.465 e. The van der Waals surface area contributed by atoms with E-state index >= 15 is 0 Å². The molecule has 31 heavy (non-hydrogen) atoms. The molecule has 0 saturated heterocycles. The number of fused-ring (bicyclic) bond motifs is 2. The molecule has 1 fully saturated rings. The van der Waals surface area contributed by atoms with Gasteiger partial charge in [-0.25, -0.2) is 9.78 Å². The molecule has 1 aliphatic carbocycles. The van der Waals surface area contributed by atoms with Crippen LogP contribution in [0, 0.1) is 6.92 Å². The van der Waals surface area contributed by atoms with E-state index in [-0.39, 0.29) is 11.6 Å². The van der Waals surface area contributed by atoms with Gasteiger partial charge in [0.1, 0.15) is 0 Å². The Bertz CT molecular complexity index is 1390. The molecule has 2 aromatic heterocycles. The van der Waals surface area contributed by atoms with Crippen molar-refractivity contribution < 1.29 is 9.53 Å². The minimum atomic E-state index is -0.405. The lowest BCUT2D eigenvalue weighted by Gasteiger charge is -2.15. The summed E-state index contributed by atoms with van der Waals surface area (Å²) in [6, 6.07) is 15.4. The molecule has 0 amide bonds. The number of methoxy groups -OCH3 is 1. The predicted octanol–water partition coefficient (Wildman–Crippen LogP) is 4.67. The zero-order chi connectivity index (χ0) is 21.5.